The van der Waals surface area contributed by atoms with Gasteiger partial charge in [0.05, 0.1) is 27.4 Å². The largest absolute Gasteiger partial charge is 0.495 e. The predicted octanol–water partition coefficient (Wildman–Crippen LogP) is 5.36. The lowest BCUT2D eigenvalue weighted by molar-refractivity contribution is 0.415. The summed E-state index contributed by atoms with van der Waals surface area (Å²) >= 11 is 13.7. The summed E-state index contributed by atoms with van der Waals surface area (Å²) in [6.07, 6.45) is 0. The average Bonchev–Trinajstić information content (AvgIpc) is 2.85. The summed E-state index contributed by atoms with van der Waals surface area (Å²) in [6.45, 7) is 0. The minimum absolute atomic E-state index is 0.574. The van der Waals surface area contributed by atoms with Gasteiger partial charge in [0, 0.05) is 11.8 Å². The molecule has 3 aromatic rings. The van der Waals surface area contributed by atoms with E-state index < -0.39 is 0 Å². The highest BCUT2D eigenvalue weighted by molar-refractivity contribution is 7.22. The fourth-order valence-corrected chi connectivity index (χ4v) is 3.20. The Morgan fingerprint density at radius 3 is 2.75 bits per heavy atom. The van der Waals surface area contributed by atoms with Gasteiger partial charge in [-0.05, 0) is 24.3 Å². The molecule has 0 saturated heterocycles. The summed E-state index contributed by atoms with van der Waals surface area (Å²) in [7, 11) is 1.59. The molecule has 0 aliphatic heterocycles. The third-order valence-electron chi connectivity index (χ3n) is 2.77. The second kappa shape index (κ2) is 5.48. The quantitative estimate of drug-likeness (QED) is 0.704. The lowest BCUT2D eigenvalue weighted by atomic mass is 10.3. The van der Waals surface area contributed by atoms with E-state index in [4.69, 9.17) is 27.9 Å². The predicted molar refractivity (Wildman–Crippen MR) is 85.9 cm³/mol. The van der Waals surface area contributed by atoms with Gasteiger partial charge in [-0.25, -0.2) is 4.98 Å². The third kappa shape index (κ3) is 2.54. The minimum atomic E-state index is 0.574. The lowest BCUT2D eigenvalue weighted by Crippen LogP contribution is -1.91. The summed E-state index contributed by atoms with van der Waals surface area (Å²) in [5.41, 5.74) is 1.74. The van der Waals surface area contributed by atoms with Gasteiger partial charge < -0.3 is 10.1 Å². The van der Waals surface area contributed by atoms with Crippen LogP contribution in [-0.4, -0.2) is 12.1 Å². The van der Waals surface area contributed by atoms with Crippen molar-refractivity contribution in [2.24, 2.45) is 0 Å². The highest BCUT2D eigenvalue weighted by atomic mass is 35.5. The van der Waals surface area contributed by atoms with Gasteiger partial charge in [-0.3, -0.25) is 0 Å². The molecule has 0 atom stereocenters. The highest BCUT2D eigenvalue weighted by Gasteiger charge is 2.08. The number of nitrogens with one attached hydrogen (secondary N) is 1. The SMILES string of the molecule is COc1cc(Nc2nc3cccc(Cl)c3s2)ccc1Cl. The number of aromatic nitrogens is 1. The Balaban J connectivity index is 1.95. The van der Waals surface area contributed by atoms with Crippen LogP contribution in [0.3, 0.4) is 0 Å². The molecule has 0 amide bonds. The maximum absolute atomic E-state index is 6.15. The molecule has 102 valence electrons. The van der Waals surface area contributed by atoms with Crippen molar-refractivity contribution in [2.75, 3.05) is 12.4 Å². The second-order valence-corrected chi connectivity index (χ2v) is 5.89. The number of anilines is 2. The van der Waals surface area contributed by atoms with E-state index in [0.717, 1.165) is 21.0 Å². The van der Waals surface area contributed by atoms with E-state index >= 15 is 0 Å². The first-order valence-corrected chi connectivity index (χ1v) is 7.40. The van der Waals surface area contributed by atoms with Crippen LogP contribution in [0.4, 0.5) is 10.8 Å². The maximum Gasteiger partial charge on any atom is 0.188 e. The molecular weight excluding hydrogens is 315 g/mol. The monoisotopic (exact) mass is 324 g/mol. The first-order valence-electron chi connectivity index (χ1n) is 5.83. The van der Waals surface area contributed by atoms with E-state index in [1.807, 2.05) is 30.3 Å². The van der Waals surface area contributed by atoms with E-state index in [9.17, 15) is 0 Å². The van der Waals surface area contributed by atoms with Gasteiger partial charge in [0.1, 0.15) is 5.75 Å². The fourth-order valence-electron chi connectivity index (χ4n) is 1.83. The number of ether oxygens (including phenoxy) is 1. The molecule has 0 aliphatic rings. The van der Waals surface area contributed by atoms with Crippen molar-refractivity contribution in [3.05, 3.63) is 46.4 Å². The van der Waals surface area contributed by atoms with E-state index in [-0.39, 0.29) is 0 Å². The summed E-state index contributed by atoms with van der Waals surface area (Å²) in [4.78, 5) is 4.50. The normalized spacial score (nSPS) is 10.8. The van der Waals surface area contributed by atoms with E-state index in [0.29, 0.717) is 15.8 Å². The summed E-state index contributed by atoms with van der Waals surface area (Å²) < 4.78 is 6.16. The smallest absolute Gasteiger partial charge is 0.188 e. The minimum Gasteiger partial charge on any atom is -0.495 e. The van der Waals surface area contributed by atoms with Crippen LogP contribution in [0.5, 0.6) is 5.75 Å². The van der Waals surface area contributed by atoms with Crippen molar-refractivity contribution in [2.45, 2.75) is 0 Å². The topological polar surface area (TPSA) is 34.1 Å². The number of hydrogen-bond acceptors (Lipinski definition) is 4. The van der Waals surface area contributed by atoms with E-state index in [2.05, 4.69) is 10.3 Å². The number of fused-ring (bicyclic) bond motifs is 1. The van der Waals surface area contributed by atoms with Crippen molar-refractivity contribution >= 4 is 55.6 Å². The summed E-state index contributed by atoms with van der Waals surface area (Å²) in [6, 6.07) is 11.2. The van der Waals surface area contributed by atoms with Crippen LogP contribution in [0.2, 0.25) is 10.0 Å². The Labute approximate surface area is 130 Å². The zero-order valence-corrected chi connectivity index (χ0v) is 12.8. The number of hydrogen-bond donors (Lipinski definition) is 1. The zero-order chi connectivity index (χ0) is 14.1. The molecule has 1 N–H and O–H groups in total. The molecule has 3 nitrogen and oxygen atoms in total. The molecule has 0 spiro atoms. The number of benzene rings is 2. The van der Waals surface area contributed by atoms with E-state index in [1.54, 1.807) is 13.2 Å². The molecule has 0 unspecified atom stereocenters. The molecule has 3 rings (SSSR count). The van der Waals surface area contributed by atoms with Crippen LogP contribution in [0.1, 0.15) is 0 Å². The average molecular weight is 325 g/mol. The van der Waals surface area contributed by atoms with Crippen LogP contribution in [0.15, 0.2) is 36.4 Å². The molecule has 0 fully saturated rings. The fraction of sp³-hybridized carbons (Fsp3) is 0.0714. The lowest BCUT2D eigenvalue weighted by Gasteiger charge is -2.06. The van der Waals surface area contributed by atoms with Gasteiger partial charge >= 0.3 is 0 Å². The second-order valence-electron chi connectivity index (χ2n) is 4.08. The molecule has 0 radical (unpaired) electrons. The molecule has 20 heavy (non-hydrogen) atoms. The number of methoxy groups -OCH3 is 1. The molecule has 0 aliphatic carbocycles. The molecule has 1 heterocycles. The van der Waals surface area contributed by atoms with Gasteiger partial charge in [-0.2, -0.15) is 0 Å². The van der Waals surface area contributed by atoms with Gasteiger partial charge in [-0.1, -0.05) is 40.6 Å². The van der Waals surface area contributed by atoms with Crippen molar-refractivity contribution in [1.82, 2.24) is 4.98 Å². The maximum atomic E-state index is 6.15. The Bertz CT molecular complexity index is 773. The molecule has 0 bridgehead atoms. The molecular formula is C14H10Cl2N2OS. The van der Waals surface area contributed by atoms with Crippen molar-refractivity contribution in [3.63, 3.8) is 0 Å². The Morgan fingerprint density at radius 1 is 1.15 bits per heavy atom. The Hall–Kier alpha value is -1.49. The highest BCUT2D eigenvalue weighted by Crippen LogP contribution is 2.34. The van der Waals surface area contributed by atoms with Crippen molar-refractivity contribution < 1.29 is 4.74 Å². The molecule has 0 saturated carbocycles. The van der Waals surface area contributed by atoms with Gasteiger partial charge in [0.25, 0.3) is 0 Å². The number of rotatable bonds is 3. The first kappa shape index (κ1) is 13.5. The van der Waals surface area contributed by atoms with Crippen LogP contribution >= 0.6 is 34.5 Å². The standard InChI is InChI=1S/C14H10Cl2N2OS/c1-19-12-7-8(5-6-9(12)15)17-14-18-11-4-2-3-10(16)13(11)20-14/h2-7H,1H3,(H,17,18). The van der Waals surface area contributed by atoms with Crippen LogP contribution in [-0.2, 0) is 0 Å². The number of thiazole rings is 1. The van der Waals surface area contributed by atoms with Crippen molar-refractivity contribution in [1.29, 1.82) is 0 Å². The van der Waals surface area contributed by atoms with Gasteiger partial charge in [0.2, 0.25) is 0 Å². The Morgan fingerprint density at radius 2 is 2.00 bits per heavy atom. The molecule has 2 aromatic carbocycles. The summed E-state index contributed by atoms with van der Waals surface area (Å²) in [5.74, 6) is 0.621. The first-order chi connectivity index (χ1) is 9.67. The van der Waals surface area contributed by atoms with Gasteiger partial charge in [-0.15, -0.1) is 0 Å². The van der Waals surface area contributed by atoms with E-state index in [1.165, 1.54) is 11.3 Å². The Kier molecular flexibility index (Phi) is 3.70. The number of nitrogens with zero attached hydrogens (tertiary/aromatic N) is 1. The van der Waals surface area contributed by atoms with Crippen LogP contribution in [0.25, 0.3) is 10.2 Å². The molecule has 1 aromatic heterocycles. The zero-order valence-electron chi connectivity index (χ0n) is 10.5. The third-order valence-corrected chi connectivity index (χ3v) is 4.53. The molecule has 6 heteroatoms. The van der Waals surface area contributed by atoms with Crippen LogP contribution in [0, 0.1) is 0 Å². The number of halogens is 2. The summed E-state index contributed by atoms with van der Waals surface area (Å²) in [5, 5.41) is 5.29. The van der Waals surface area contributed by atoms with Crippen LogP contribution < -0.4 is 10.1 Å². The van der Waals surface area contributed by atoms with Gasteiger partial charge in [0.15, 0.2) is 5.13 Å². The van der Waals surface area contributed by atoms with Crippen molar-refractivity contribution in [3.8, 4) is 5.75 Å².